The first kappa shape index (κ1) is 40.9. The molecule has 4 saturated heterocycles. The van der Waals surface area contributed by atoms with Crippen LogP contribution in [-0.4, -0.2) is 138 Å². The number of aromatic hydroxyl groups is 2. The molecule has 0 bridgehead atoms. The zero-order valence-corrected chi connectivity index (χ0v) is 33.5. The summed E-state index contributed by atoms with van der Waals surface area (Å²) in [7, 11) is 4.98. The molecule has 6 aliphatic rings. The lowest BCUT2D eigenvalue weighted by molar-refractivity contribution is -0.371. The normalized spacial score (nSPS) is 38.3. The van der Waals surface area contributed by atoms with Gasteiger partial charge in [-0.1, -0.05) is 19.1 Å². The molecule has 4 aliphatic heterocycles. The number of fused-ring (bicyclic) bond motifs is 5. The van der Waals surface area contributed by atoms with Gasteiger partial charge in [-0.2, -0.15) is 0 Å². The van der Waals surface area contributed by atoms with E-state index in [1.165, 1.54) is 31.4 Å². The number of nitrogens with zero attached hydrogens (tertiary/aromatic N) is 1. The Morgan fingerprint density at radius 3 is 2.33 bits per heavy atom. The van der Waals surface area contributed by atoms with Gasteiger partial charge in [-0.25, -0.2) is 0 Å². The molecule has 2 aromatic rings. The van der Waals surface area contributed by atoms with Crippen LogP contribution in [0, 0.1) is 0 Å². The maximum absolute atomic E-state index is 13.9. The molecule has 0 spiro atoms. The summed E-state index contributed by atoms with van der Waals surface area (Å²) in [5.41, 5.74) is -2.42. The quantitative estimate of drug-likeness (QED) is 0.293. The summed E-state index contributed by atoms with van der Waals surface area (Å²) >= 11 is 0. The summed E-state index contributed by atoms with van der Waals surface area (Å²) in [6, 6.07) is 5.18. The number of rotatable bonds is 7. The van der Waals surface area contributed by atoms with E-state index < -0.39 is 108 Å². The van der Waals surface area contributed by atoms with Gasteiger partial charge < -0.3 is 58.1 Å². The molecule has 2 aromatic carbocycles. The van der Waals surface area contributed by atoms with Gasteiger partial charge >= 0.3 is 5.97 Å². The van der Waals surface area contributed by atoms with Crippen molar-refractivity contribution in [3.8, 4) is 11.5 Å². The maximum atomic E-state index is 13.9. The average Bonchev–Trinajstić information content (AvgIpc) is 3.17. The van der Waals surface area contributed by atoms with Crippen molar-refractivity contribution in [3.05, 3.63) is 57.6 Å². The van der Waals surface area contributed by atoms with Crippen molar-refractivity contribution in [3.63, 3.8) is 0 Å². The Kier molecular flexibility index (Phi) is 10.8. The van der Waals surface area contributed by atoms with Crippen LogP contribution < -0.4 is 0 Å². The lowest BCUT2D eigenvalue weighted by atomic mass is 9.67. The summed E-state index contributed by atoms with van der Waals surface area (Å²) in [6.45, 7) is 7.13. The molecule has 16 heteroatoms. The number of phenols is 2. The molecular formula is C42H51NO15. The zero-order valence-electron chi connectivity index (χ0n) is 33.5. The van der Waals surface area contributed by atoms with E-state index in [1.807, 2.05) is 32.8 Å². The van der Waals surface area contributed by atoms with Crippen molar-refractivity contribution < 1.29 is 72.4 Å². The van der Waals surface area contributed by atoms with Gasteiger partial charge in [-0.05, 0) is 59.0 Å². The molecule has 0 aromatic heterocycles. The van der Waals surface area contributed by atoms with Gasteiger partial charge in [0.2, 0.25) is 5.78 Å². The molecular weight excluding hydrogens is 758 g/mol. The van der Waals surface area contributed by atoms with Gasteiger partial charge in [-0.3, -0.25) is 19.2 Å². The summed E-state index contributed by atoms with van der Waals surface area (Å²) in [6.07, 6.45) is -6.13. The Morgan fingerprint density at radius 2 is 1.62 bits per heavy atom. The Hall–Kier alpha value is -3.84. The Balaban J connectivity index is 1.06. The van der Waals surface area contributed by atoms with Gasteiger partial charge in [0.15, 0.2) is 30.4 Å². The second kappa shape index (κ2) is 15.3. The van der Waals surface area contributed by atoms with Gasteiger partial charge in [-0.15, -0.1) is 0 Å². The molecule has 8 rings (SSSR count). The van der Waals surface area contributed by atoms with E-state index in [-0.39, 0.29) is 70.9 Å². The highest BCUT2D eigenvalue weighted by Crippen LogP contribution is 2.54. The molecule has 4 fully saturated rings. The number of Topliss-reactive ketones (excluding diaryl/α,β-unsaturated/α-hetero) is 1. The zero-order chi connectivity index (χ0) is 41.5. The van der Waals surface area contributed by atoms with Crippen LogP contribution in [0.4, 0.5) is 0 Å². The van der Waals surface area contributed by atoms with Gasteiger partial charge in [0.1, 0.15) is 41.8 Å². The second-order valence-electron chi connectivity index (χ2n) is 16.5. The van der Waals surface area contributed by atoms with Crippen molar-refractivity contribution in [1.82, 2.24) is 4.90 Å². The largest absolute Gasteiger partial charge is 0.507 e. The molecule has 16 nitrogen and oxygen atoms in total. The molecule has 58 heavy (non-hydrogen) atoms. The van der Waals surface area contributed by atoms with E-state index in [4.69, 9.17) is 37.9 Å². The number of aliphatic hydroxyl groups is 1. The van der Waals surface area contributed by atoms with Crippen molar-refractivity contribution in [2.45, 2.75) is 145 Å². The smallest absolute Gasteiger partial charge is 0.316 e. The van der Waals surface area contributed by atoms with Crippen molar-refractivity contribution in [1.29, 1.82) is 0 Å². The second-order valence-corrected chi connectivity index (χ2v) is 16.5. The van der Waals surface area contributed by atoms with E-state index >= 15 is 0 Å². The van der Waals surface area contributed by atoms with Crippen LogP contribution in [-0.2, 0) is 47.5 Å². The molecule has 2 aliphatic carbocycles. The molecule has 314 valence electrons. The predicted molar refractivity (Wildman–Crippen MR) is 199 cm³/mol. The number of benzene rings is 2. The van der Waals surface area contributed by atoms with Gasteiger partial charge in [0.25, 0.3) is 0 Å². The monoisotopic (exact) mass is 809 g/mol. The number of ether oxygens (including phenoxy) is 8. The molecule has 14 atom stereocenters. The highest BCUT2D eigenvalue weighted by molar-refractivity contribution is 6.30. The van der Waals surface area contributed by atoms with Crippen LogP contribution in [0.15, 0.2) is 24.3 Å². The Labute approximate surface area is 335 Å². The number of hydrogen-bond acceptors (Lipinski definition) is 16. The van der Waals surface area contributed by atoms with E-state index in [0.717, 1.165) is 0 Å². The number of ketones is 3. The number of phenolic OH excluding ortho intramolecular Hbond substituents is 2. The third-order valence-electron chi connectivity index (χ3n) is 12.8. The highest BCUT2D eigenvalue weighted by Gasteiger charge is 2.54. The van der Waals surface area contributed by atoms with Crippen LogP contribution in [0.2, 0.25) is 0 Å². The molecule has 0 saturated carbocycles. The van der Waals surface area contributed by atoms with Crippen molar-refractivity contribution in [2.24, 2.45) is 0 Å². The molecule has 11 unspecified atom stereocenters. The van der Waals surface area contributed by atoms with E-state index in [0.29, 0.717) is 6.42 Å². The number of carbonyl (C=O) groups excluding carboxylic acids is 4. The minimum absolute atomic E-state index is 0.0407. The van der Waals surface area contributed by atoms with Crippen LogP contribution in [0.1, 0.15) is 115 Å². The van der Waals surface area contributed by atoms with Crippen molar-refractivity contribution in [2.75, 3.05) is 21.2 Å². The Bertz CT molecular complexity index is 2000. The Morgan fingerprint density at radius 1 is 0.897 bits per heavy atom. The topological polar surface area (TPSA) is 206 Å². The molecule has 0 radical (unpaired) electrons. The predicted octanol–water partition coefficient (Wildman–Crippen LogP) is 3.17. The first-order chi connectivity index (χ1) is 27.5. The lowest BCUT2D eigenvalue weighted by Crippen LogP contribution is -2.62. The number of likely N-dealkylation sites (N-methyl/N-ethyl adjacent to an activating group) is 1. The highest BCUT2D eigenvalue weighted by atomic mass is 16.8. The fourth-order valence-corrected chi connectivity index (χ4v) is 9.71. The minimum Gasteiger partial charge on any atom is -0.507 e. The third kappa shape index (κ3) is 6.76. The summed E-state index contributed by atoms with van der Waals surface area (Å²) in [5, 5.41) is 34.8. The first-order valence-corrected chi connectivity index (χ1v) is 19.9. The van der Waals surface area contributed by atoms with Gasteiger partial charge in [0, 0.05) is 48.4 Å². The number of esters is 1. The molecule has 4 heterocycles. The summed E-state index contributed by atoms with van der Waals surface area (Å²) in [5.74, 6) is -4.59. The molecule has 0 amide bonds. The number of methoxy groups -OCH3 is 1. The molecule has 3 N–H and O–H groups in total. The van der Waals surface area contributed by atoms with Crippen molar-refractivity contribution >= 4 is 23.3 Å². The number of carbonyl (C=O) groups is 4. The summed E-state index contributed by atoms with van der Waals surface area (Å²) < 4.78 is 49.6. The van der Waals surface area contributed by atoms with Gasteiger partial charge in [0.05, 0.1) is 48.3 Å². The average molecular weight is 810 g/mol. The maximum Gasteiger partial charge on any atom is 0.316 e. The third-order valence-corrected chi connectivity index (χ3v) is 12.8. The van der Waals surface area contributed by atoms with Crippen LogP contribution in [0.5, 0.6) is 11.5 Å². The van der Waals surface area contributed by atoms with Crippen LogP contribution in [0.25, 0.3) is 0 Å². The van der Waals surface area contributed by atoms with Crippen LogP contribution in [0.3, 0.4) is 0 Å². The van der Waals surface area contributed by atoms with E-state index in [9.17, 15) is 34.5 Å². The van der Waals surface area contributed by atoms with Crippen LogP contribution >= 0.6 is 0 Å². The van der Waals surface area contributed by atoms with E-state index in [2.05, 4.69) is 0 Å². The minimum atomic E-state index is -1.75. The summed E-state index contributed by atoms with van der Waals surface area (Å²) in [4.78, 5) is 55.6. The number of hydrogen-bond donors (Lipinski definition) is 3. The first-order valence-electron chi connectivity index (χ1n) is 19.9. The SMILES string of the molecule is CC[C@@]1(O)C[C@H](OC2CC(N(C)C)C(OC3CC4OC5CC(=O)C(C)OC5OC4C(C)O3)C(C)O2)c2c(cc3c(c2O)C(=O)c2c(O)cccc2C3=O)[C@H]1C(=O)OC. The standard InChI is InChI=1S/C42H51NO15/c1-8-42(50)16-28(32-21(34(42)40(49)51-7)12-22-33(37(32)48)36(47)31-20(35(22)46)10-9-11-24(31)44)56-29-13-23(43(5)6)38(18(3)52-29)57-30-15-26-39(19(4)53-30)58-41-27(55-26)14-25(45)17(2)54-41/h9-12,17-19,23,26-30,34,38-39,41,44,48,50H,8,13-16H2,1-7H3/t17?,18?,19?,23?,26?,27?,28-,29?,30?,34-,38?,39?,41?,42+/m0/s1. The van der Waals surface area contributed by atoms with E-state index in [1.54, 1.807) is 13.8 Å². The lowest BCUT2D eigenvalue weighted by Gasteiger charge is -2.51. The fraction of sp³-hybridized carbons (Fsp3) is 0.619. The fourth-order valence-electron chi connectivity index (χ4n) is 9.71.